The summed E-state index contributed by atoms with van der Waals surface area (Å²) in [7, 11) is 0. The number of amides is 1. The molecule has 5 nitrogen and oxygen atoms in total. The second-order valence-corrected chi connectivity index (χ2v) is 11.7. The van der Waals surface area contributed by atoms with Crippen molar-refractivity contribution in [2.75, 3.05) is 5.32 Å². The van der Waals surface area contributed by atoms with Crippen LogP contribution in [0.1, 0.15) is 43.4 Å². The number of rotatable bonds is 4. The summed E-state index contributed by atoms with van der Waals surface area (Å²) in [4.78, 5) is 45.6. The maximum Gasteiger partial charge on any atom is 0.238 e. The molecule has 1 N–H and O–H groups in total. The van der Waals surface area contributed by atoms with Crippen molar-refractivity contribution in [3.05, 3.63) is 140 Å². The Morgan fingerprint density at radius 3 is 2.29 bits per heavy atom. The normalized spacial score (nSPS) is 23.6. The van der Waals surface area contributed by atoms with Gasteiger partial charge in [0, 0.05) is 33.1 Å². The molecular formula is C33H21Cl3N2O3. The van der Waals surface area contributed by atoms with Crippen molar-refractivity contribution in [1.82, 2.24) is 4.90 Å². The summed E-state index contributed by atoms with van der Waals surface area (Å²) in [5.41, 5.74) is 2.23. The Labute approximate surface area is 251 Å². The fraction of sp³-hybridized carbons (Fsp3) is 0.121. The minimum atomic E-state index is -1.42. The van der Waals surface area contributed by atoms with Crippen LogP contribution in [0.3, 0.4) is 0 Å². The van der Waals surface area contributed by atoms with E-state index in [9.17, 15) is 14.4 Å². The Morgan fingerprint density at radius 2 is 1.51 bits per heavy atom. The van der Waals surface area contributed by atoms with E-state index in [0.717, 1.165) is 11.1 Å². The molecule has 4 atom stereocenters. The summed E-state index contributed by atoms with van der Waals surface area (Å²) in [6, 6.07) is 24.7. The number of para-hydroxylation sites is 1. The first-order valence-corrected chi connectivity index (χ1v) is 14.2. The molecule has 3 heterocycles. The smallest absolute Gasteiger partial charge is 0.238 e. The molecule has 8 heteroatoms. The number of halogens is 3. The van der Waals surface area contributed by atoms with E-state index >= 15 is 0 Å². The van der Waals surface area contributed by atoms with Gasteiger partial charge in [-0.15, -0.1) is 0 Å². The van der Waals surface area contributed by atoms with Crippen molar-refractivity contribution in [3.63, 3.8) is 0 Å². The van der Waals surface area contributed by atoms with Gasteiger partial charge in [-0.25, -0.2) is 0 Å². The fourth-order valence-corrected chi connectivity index (χ4v) is 7.44. The predicted molar refractivity (Wildman–Crippen MR) is 161 cm³/mol. The first kappa shape index (κ1) is 26.0. The molecule has 1 fully saturated rings. The van der Waals surface area contributed by atoms with Crippen LogP contribution in [0, 0.1) is 5.92 Å². The Balaban J connectivity index is 1.54. The number of hydrogen-bond acceptors (Lipinski definition) is 4. The molecule has 1 spiro atoms. The van der Waals surface area contributed by atoms with Crippen LogP contribution in [0.4, 0.5) is 5.69 Å². The first-order valence-electron chi connectivity index (χ1n) is 13.1. The number of nitrogens with one attached hydrogen (secondary N) is 1. The highest BCUT2D eigenvalue weighted by Gasteiger charge is 2.70. The van der Waals surface area contributed by atoms with Crippen LogP contribution in [-0.2, 0) is 10.2 Å². The summed E-state index contributed by atoms with van der Waals surface area (Å²) in [5, 5.41) is 4.08. The number of hydrogen-bond donors (Lipinski definition) is 1. The zero-order valence-electron chi connectivity index (χ0n) is 21.4. The molecule has 1 amide bonds. The largest absolute Gasteiger partial charge is 0.358 e. The molecule has 4 aromatic rings. The molecule has 7 rings (SSSR count). The van der Waals surface area contributed by atoms with Crippen LogP contribution >= 0.6 is 34.8 Å². The summed E-state index contributed by atoms with van der Waals surface area (Å²) in [6.45, 7) is 0. The van der Waals surface area contributed by atoms with Gasteiger partial charge >= 0.3 is 0 Å². The number of carbonyl (C=O) groups is 3. The summed E-state index contributed by atoms with van der Waals surface area (Å²) in [6.07, 6.45) is 3.74. The number of nitrogens with zero attached hydrogens (tertiary/aromatic N) is 1. The fourth-order valence-electron chi connectivity index (χ4n) is 6.81. The van der Waals surface area contributed by atoms with E-state index in [1.54, 1.807) is 36.4 Å². The second kappa shape index (κ2) is 9.59. The third-order valence-corrected chi connectivity index (χ3v) is 9.25. The molecule has 41 heavy (non-hydrogen) atoms. The van der Waals surface area contributed by atoms with Gasteiger partial charge in [0.2, 0.25) is 5.91 Å². The van der Waals surface area contributed by atoms with E-state index in [0.29, 0.717) is 26.9 Å². The van der Waals surface area contributed by atoms with Crippen molar-refractivity contribution < 1.29 is 14.4 Å². The van der Waals surface area contributed by atoms with Crippen LogP contribution < -0.4 is 5.32 Å². The number of benzene rings is 4. The SMILES string of the molecule is O=C(c1ccc(Cl)cc1)[C@@H]1[C@H](C(=O)c2ccc(Cl)cc2Cl)N2C=Cc3ccccc3[C@@H]2[C@]12C(=O)Nc1ccccc12. The lowest BCUT2D eigenvalue weighted by Gasteiger charge is -2.38. The third kappa shape index (κ3) is 3.73. The quantitative estimate of drug-likeness (QED) is 0.245. The Hall–Kier alpha value is -3.90. The number of fused-ring (bicyclic) bond motifs is 6. The molecule has 0 bridgehead atoms. The highest BCUT2D eigenvalue weighted by atomic mass is 35.5. The van der Waals surface area contributed by atoms with Gasteiger partial charge in [-0.1, -0.05) is 77.3 Å². The predicted octanol–water partition coefficient (Wildman–Crippen LogP) is 7.63. The summed E-state index contributed by atoms with van der Waals surface area (Å²) >= 11 is 18.9. The van der Waals surface area contributed by atoms with Gasteiger partial charge in [0.1, 0.15) is 11.5 Å². The molecule has 0 unspecified atom stereocenters. The number of anilines is 1. The number of ketones is 2. The van der Waals surface area contributed by atoms with Crippen LogP contribution in [0.25, 0.3) is 6.08 Å². The molecule has 202 valence electrons. The van der Waals surface area contributed by atoms with Gasteiger partial charge in [0.05, 0.1) is 17.0 Å². The summed E-state index contributed by atoms with van der Waals surface area (Å²) < 4.78 is 0. The van der Waals surface area contributed by atoms with Crippen molar-refractivity contribution in [3.8, 4) is 0 Å². The van der Waals surface area contributed by atoms with Gasteiger partial charge in [-0.2, -0.15) is 0 Å². The minimum absolute atomic E-state index is 0.176. The Kier molecular flexibility index (Phi) is 6.09. The van der Waals surface area contributed by atoms with E-state index in [-0.39, 0.29) is 28.1 Å². The lowest BCUT2D eigenvalue weighted by molar-refractivity contribution is -0.122. The molecule has 3 aliphatic rings. The molecule has 3 aliphatic heterocycles. The van der Waals surface area contributed by atoms with Crippen LogP contribution in [0.5, 0.6) is 0 Å². The molecule has 0 aromatic heterocycles. The first-order chi connectivity index (χ1) is 19.8. The average molecular weight is 600 g/mol. The standard InChI is InChI=1S/C33H21Cl3N2O3/c34-20-11-9-19(10-12-20)29(39)27-28(30(40)23-14-13-21(35)17-25(23)36)38-16-15-18-5-1-2-6-22(18)31(38)33(27)24-7-3-4-8-26(24)37-32(33)41/h1-17,27-28,31H,(H,37,41)/t27-,28+,31+,33+/m0/s1. The number of carbonyl (C=O) groups excluding carboxylic acids is 3. The zero-order valence-corrected chi connectivity index (χ0v) is 23.6. The highest BCUT2D eigenvalue weighted by molar-refractivity contribution is 6.37. The van der Waals surface area contributed by atoms with E-state index in [1.807, 2.05) is 65.7 Å². The molecule has 0 radical (unpaired) electrons. The molecular weight excluding hydrogens is 579 g/mol. The second-order valence-electron chi connectivity index (χ2n) is 10.4. The molecule has 0 aliphatic carbocycles. The van der Waals surface area contributed by atoms with Crippen molar-refractivity contribution in [1.29, 1.82) is 0 Å². The molecule has 1 saturated heterocycles. The van der Waals surface area contributed by atoms with Gasteiger partial charge < -0.3 is 10.2 Å². The van der Waals surface area contributed by atoms with E-state index < -0.39 is 23.4 Å². The van der Waals surface area contributed by atoms with E-state index in [4.69, 9.17) is 34.8 Å². The maximum atomic E-state index is 14.7. The maximum absolute atomic E-state index is 14.7. The van der Waals surface area contributed by atoms with Crippen molar-refractivity contribution >= 4 is 64.0 Å². The van der Waals surface area contributed by atoms with Crippen LogP contribution in [-0.4, -0.2) is 28.4 Å². The van der Waals surface area contributed by atoms with E-state index in [1.165, 1.54) is 6.07 Å². The van der Waals surface area contributed by atoms with Crippen LogP contribution in [0.15, 0.2) is 97.2 Å². The van der Waals surface area contributed by atoms with Crippen molar-refractivity contribution in [2.45, 2.75) is 17.5 Å². The lowest BCUT2D eigenvalue weighted by atomic mass is 9.62. The lowest BCUT2D eigenvalue weighted by Crippen LogP contribution is -2.49. The molecule has 4 aromatic carbocycles. The van der Waals surface area contributed by atoms with Gasteiger partial charge in [0.15, 0.2) is 11.6 Å². The third-order valence-electron chi connectivity index (χ3n) is 8.45. The number of Topliss-reactive ketones (excluding diaryl/α,β-unsaturated/α-hetero) is 2. The van der Waals surface area contributed by atoms with E-state index in [2.05, 4.69) is 5.32 Å². The zero-order chi connectivity index (χ0) is 28.5. The van der Waals surface area contributed by atoms with Gasteiger partial charge in [0.25, 0.3) is 0 Å². The van der Waals surface area contributed by atoms with Gasteiger partial charge in [-0.05, 0) is 71.3 Å². The van der Waals surface area contributed by atoms with Crippen LogP contribution in [0.2, 0.25) is 15.1 Å². The minimum Gasteiger partial charge on any atom is -0.358 e. The summed E-state index contributed by atoms with van der Waals surface area (Å²) in [5.74, 6) is -2.14. The van der Waals surface area contributed by atoms with Gasteiger partial charge in [-0.3, -0.25) is 14.4 Å². The highest BCUT2D eigenvalue weighted by Crippen LogP contribution is 2.62. The molecule has 0 saturated carbocycles. The Morgan fingerprint density at radius 1 is 0.805 bits per heavy atom. The Bertz CT molecular complexity index is 1800. The topological polar surface area (TPSA) is 66.5 Å². The van der Waals surface area contributed by atoms with Crippen molar-refractivity contribution in [2.24, 2.45) is 5.92 Å². The average Bonchev–Trinajstić information content (AvgIpc) is 3.45. The monoisotopic (exact) mass is 598 g/mol.